The zero-order valence-corrected chi connectivity index (χ0v) is 13.5. The number of amides is 1. The number of sulfonamides is 1. The van der Waals surface area contributed by atoms with Crippen LogP contribution in [-0.4, -0.2) is 28.4 Å². The van der Waals surface area contributed by atoms with Crippen molar-refractivity contribution in [2.75, 3.05) is 19.0 Å². The average Bonchev–Trinajstić information content (AvgIpc) is 2.47. The van der Waals surface area contributed by atoms with Crippen molar-refractivity contribution in [2.24, 2.45) is 0 Å². The molecule has 5 nitrogen and oxygen atoms in total. The molecule has 0 fully saturated rings. The van der Waals surface area contributed by atoms with Crippen molar-refractivity contribution in [1.29, 1.82) is 0 Å². The molecule has 0 unspecified atom stereocenters. The fourth-order valence-corrected chi connectivity index (χ4v) is 2.84. The van der Waals surface area contributed by atoms with E-state index in [1.54, 1.807) is 36.4 Å². The number of anilines is 1. The SMILES string of the molecule is Cc1ccc(S(=O)(=O)NC(=O)c2ccc(N(C)C)cc2)cc1. The van der Waals surface area contributed by atoms with Gasteiger partial charge in [0.15, 0.2) is 0 Å². The Bertz CT molecular complexity index is 764. The van der Waals surface area contributed by atoms with Crippen LogP contribution in [0.1, 0.15) is 15.9 Å². The van der Waals surface area contributed by atoms with Crippen LogP contribution in [0, 0.1) is 6.92 Å². The van der Waals surface area contributed by atoms with E-state index in [0.717, 1.165) is 11.3 Å². The first-order valence-electron chi connectivity index (χ1n) is 6.71. The van der Waals surface area contributed by atoms with Crippen LogP contribution < -0.4 is 9.62 Å². The lowest BCUT2D eigenvalue weighted by molar-refractivity contribution is 0.0981. The minimum Gasteiger partial charge on any atom is -0.378 e. The van der Waals surface area contributed by atoms with E-state index in [9.17, 15) is 13.2 Å². The van der Waals surface area contributed by atoms with E-state index < -0.39 is 15.9 Å². The molecule has 0 heterocycles. The predicted molar refractivity (Wildman–Crippen MR) is 86.6 cm³/mol. The van der Waals surface area contributed by atoms with Crippen molar-refractivity contribution in [3.63, 3.8) is 0 Å². The van der Waals surface area contributed by atoms with E-state index in [4.69, 9.17) is 0 Å². The van der Waals surface area contributed by atoms with Gasteiger partial charge in [0.2, 0.25) is 0 Å². The van der Waals surface area contributed by atoms with E-state index in [2.05, 4.69) is 4.72 Å². The summed E-state index contributed by atoms with van der Waals surface area (Å²) in [6, 6.07) is 13.0. The highest BCUT2D eigenvalue weighted by atomic mass is 32.2. The summed E-state index contributed by atoms with van der Waals surface area (Å²) in [5.41, 5.74) is 2.17. The molecule has 1 N–H and O–H groups in total. The Morgan fingerprint density at radius 3 is 2.00 bits per heavy atom. The van der Waals surface area contributed by atoms with E-state index in [0.29, 0.717) is 5.56 Å². The first-order valence-corrected chi connectivity index (χ1v) is 8.19. The molecule has 0 atom stereocenters. The molecule has 0 bridgehead atoms. The lowest BCUT2D eigenvalue weighted by Crippen LogP contribution is -2.30. The third kappa shape index (κ3) is 3.65. The van der Waals surface area contributed by atoms with E-state index >= 15 is 0 Å². The first-order chi connectivity index (χ1) is 10.3. The molecule has 6 heteroatoms. The Balaban J connectivity index is 2.18. The predicted octanol–water partition coefficient (Wildman–Crippen LogP) is 2.18. The summed E-state index contributed by atoms with van der Waals surface area (Å²) in [4.78, 5) is 14.0. The Hall–Kier alpha value is -2.34. The highest BCUT2D eigenvalue weighted by Gasteiger charge is 2.18. The molecule has 1 amide bonds. The molecule has 0 spiro atoms. The Kier molecular flexibility index (Phi) is 4.51. The third-order valence-corrected chi connectivity index (χ3v) is 4.55. The van der Waals surface area contributed by atoms with Crippen LogP contribution in [0.5, 0.6) is 0 Å². The second-order valence-electron chi connectivity index (χ2n) is 5.19. The van der Waals surface area contributed by atoms with Gasteiger partial charge >= 0.3 is 0 Å². The fourth-order valence-electron chi connectivity index (χ4n) is 1.87. The summed E-state index contributed by atoms with van der Waals surface area (Å²) in [5, 5.41) is 0. The first kappa shape index (κ1) is 16.0. The number of benzene rings is 2. The van der Waals surface area contributed by atoms with Crippen LogP contribution in [0.4, 0.5) is 5.69 Å². The minimum absolute atomic E-state index is 0.0661. The van der Waals surface area contributed by atoms with Crippen LogP contribution in [-0.2, 0) is 10.0 Å². The monoisotopic (exact) mass is 318 g/mol. The van der Waals surface area contributed by atoms with Crippen molar-refractivity contribution < 1.29 is 13.2 Å². The zero-order valence-electron chi connectivity index (χ0n) is 12.7. The van der Waals surface area contributed by atoms with Gasteiger partial charge in [-0.3, -0.25) is 4.79 Å². The van der Waals surface area contributed by atoms with Crippen LogP contribution in [0.3, 0.4) is 0 Å². The molecule has 0 saturated carbocycles. The van der Waals surface area contributed by atoms with E-state index in [1.165, 1.54) is 12.1 Å². The number of nitrogens with zero attached hydrogens (tertiary/aromatic N) is 1. The summed E-state index contributed by atoms with van der Waals surface area (Å²) < 4.78 is 26.4. The Morgan fingerprint density at radius 2 is 1.50 bits per heavy atom. The second kappa shape index (κ2) is 6.19. The molecular formula is C16H18N2O3S. The molecule has 2 aromatic carbocycles. The Morgan fingerprint density at radius 1 is 0.955 bits per heavy atom. The molecule has 22 heavy (non-hydrogen) atoms. The number of carbonyl (C=O) groups is 1. The quantitative estimate of drug-likeness (QED) is 0.938. The smallest absolute Gasteiger partial charge is 0.264 e. The van der Waals surface area contributed by atoms with Gasteiger partial charge in [-0.25, -0.2) is 13.1 Å². The molecule has 0 aliphatic carbocycles. The van der Waals surface area contributed by atoms with Crippen molar-refractivity contribution in [3.8, 4) is 0 Å². The maximum atomic E-state index is 12.2. The number of nitrogens with one attached hydrogen (secondary N) is 1. The van der Waals surface area contributed by atoms with Crippen molar-refractivity contribution in [3.05, 3.63) is 59.7 Å². The highest BCUT2D eigenvalue weighted by molar-refractivity contribution is 7.90. The number of hydrogen-bond donors (Lipinski definition) is 1. The van der Waals surface area contributed by atoms with Gasteiger partial charge in [-0.2, -0.15) is 0 Å². The molecule has 0 radical (unpaired) electrons. The summed E-state index contributed by atoms with van der Waals surface area (Å²) in [5.74, 6) is -0.647. The molecular weight excluding hydrogens is 300 g/mol. The zero-order chi connectivity index (χ0) is 16.3. The molecule has 2 rings (SSSR count). The van der Waals surface area contributed by atoms with E-state index in [-0.39, 0.29) is 4.90 Å². The van der Waals surface area contributed by atoms with Gasteiger partial charge in [-0.1, -0.05) is 17.7 Å². The molecule has 2 aromatic rings. The van der Waals surface area contributed by atoms with Gasteiger partial charge in [0, 0.05) is 25.3 Å². The number of rotatable bonds is 4. The minimum atomic E-state index is -3.86. The normalized spacial score (nSPS) is 11.0. The van der Waals surface area contributed by atoms with Crippen LogP contribution in [0.15, 0.2) is 53.4 Å². The fraction of sp³-hybridized carbons (Fsp3) is 0.188. The van der Waals surface area contributed by atoms with Gasteiger partial charge in [0.05, 0.1) is 4.90 Å². The van der Waals surface area contributed by atoms with Crippen molar-refractivity contribution in [2.45, 2.75) is 11.8 Å². The molecule has 0 aromatic heterocycles. The van der Waals surface area contributed by atoms with Gasteiger partial charge in [0.25, 0.3) is 15.9 Å². The standard InChI is InChI=1S/C16H18N2O3S/c1-12-4-10-15(11-5-12)22(20,21)17-16(19)13-6-8-14(9-7-13)18(2)3/h4-11H,1-3H3,(H,17,19). The largest absolute Gasteiger partial charge is 0.378 e. The summed E-state index contributed by atoms with van der Waals surface area (Å²) in [7, 11) is -0.0892. The van der Waals surface area contributed by atoms with Crippen molar-refractivity contribution in [1.82, 2.24) is 4.72 Å². The number of carbonyl (C=O) groups excluding carboxylic acids is 1. The summed E-state index contributed by atoms with van der Waals surface area (Å²) in [6.07, 6.45) is 0. The summed E-state index contributed by atoms with van der Waals surface area (Å²) >= 11 is 0. The topological polar surface area (TPSA) is 66.5 Å². The maximum Gasteiger partial charge on any atom is 0.264 e. The van der Waals surface area contributed by atoms with Gasteiger partial charge in [-0.05, 0) is 43.3 Å². The number of aryl methyl sites for hydroxylation is 1. The lowest BCUT2D eigenvalue weighted by atomic mass is 10.2. The van der Waals surface area contributed by atoms with Crippen LogP contribution >= 0.6 is 0 Å². The molecule has 0 aliphatic rings. The molecule has 0 aliphatic heterocycles. The average molecular weight is 318 g/mol. The second-order valence-corrected chi connectivity index (χ2v) is 6.87. The van der Waals surface area contributed by atoms with Crippen LogP contribution in [0.2, 0.25) is 0 Å². The lowest BCUT2D eigenvalue weighted by Gasteiger charge is -2.12. The van der Waals surface area contributed by atoms with Gasteiger partial charge in [-0.15, -0.1) is 0 Å². The number of hydrogen-bond acceptors (Lipinski definition) is 4. The van der Waals surface area contributed by atoms with E-state index in [1.807, 2.05) is 25.9 Å². The van der Waals surface area contributed by atoms with Gasteiger partial charge in [0.1, 0.15) is 0 Å². The Labute approximate surface area is 130 Å². The van der Waals surface area contributed by atoms with Crippen molar-refractivity contribution >= 4 is 21.6 Å². The highest BCUT2D eigenvalue weighted by Crippen LogP contribution is 2.14. The maximum absolute atomic E-state index is 12.2. The molecule has 116 valence electrons. The third-order valence-electron chi connectivity index (χ3n) is 3.20. The van der Waals surface area contributed by atoms with Crippen LogP contribution in [0.25, 0.3) is 0 Å². The van der Waals surface area contributed by atoms with Gasteiger partial charge < -0.3 is 4.90 Å². The molecule has 0 saturated heterocycles. The summed E-state index contributed by atoms with van der Waals surface area (Å²) in [6.45, 7) is 1.86.